The van der Waals surface area contributed by atoms with Crippen LogP contribution < -0.4 is 10.6 Å². The maximum atomic E-state index is 13.3. The fraction of sp³-hybridized carbons (Fsp3) is 0.600. The van der Waals surface area contributed by atoms with Gasteiger partial charge in [-0.25, -0.2) is 4.39 Å². The van der Waals surface area contributed by atoms with Crippen molar-refractivity contribution in [1.82, 2.24) is 0 Å². The van der Waals surface area contributed by atoms with Crippen LogP contribution in [0.5, 0.6) is 0 Å². The first-order valence-corrected chi connectivity index (χ1v) is 7.49. The van der Waals surface area contributed by atoms with Gasteiger partial charge in [-0.1, -0.05) is 6.92 Å². The second-order valence-corrected chi connectivity index (χ2v) is 5.65. The predicted molar refractivity (Wildman–Crippen MR) is 80.9 cm³/mol. The second-order valence-electron chi connectivity index (χ2n) is 5.65. The minimum absolute atomic E-state index is 0.154. The van der Waals surface area contributed by atoms with Gasteiger partial charge < -0.3 is 10.6 Å². The van der Waals surface area contributed by atoms with Crippen LogP contribution in [0.1, 0.15) is 39.0 Å². The van der Waals surface area contributed by atoms with Crippen LogP contribution >= 0.6 is 0 Å². The summed E-state index contributed by atoms with van der Waals surface area (Å²) < 4.78 is 13.3. The lowest BCUT2D eigenvalue weighted by Crippen LogP contribution is -2.41. The van der Waals surface area contributed by atoms with Crippen LogP contribution in [0.25, 0.3) is 0 Å². The van der Waals surface area contributed by atoms with E-state index in [1.807, 2.05) is 6.92 Å². The molecular formula is C15H22FN3O2. The number of rotatable bonds is 5. The number of nitrogens with two attached hydrogens (primary N) is 1. The third-order valence-corrected chi connectivity index (χ3v) is 4.09. The van der Waals surface area contributed by atoms with Crippen molar-refractivity contribution < 1.29 is 9.31 Å². The quantitative estimate of drug-likeness (QED) is 0.668. The summed E-state index contributed by atoms with van der Waals surface area (Å²) in [5.74, 6) is -0.576. The van der Waals surface area contributed by atoms with Gasteiger partial charge in [0.25, 0.3) is 5.69 Å². The topological polar surface area (TPSA) is 72.4 Å². The van der Waals surface area contributed by atoms with Crippen LogP contribution in [0.2, 0.25) is 0 Å². The van der Waals surface area contributed by atoms with Gasteiger partial charge >= 0.3 is 0 Å². The minimum Gasteiger partial charge on any atom is -0.363 e. The van der Waals surface area contributed by atoms with Gasteiger partial charge in [0.15, 0.2) is 0 Å². The van der Waals surface area contributed by atoms with E-state index in [4.69, 9.17) is 5.73 Å². The Kier molecular flexibility index (Phi) is 5.12. The Hall–Kier alpha value is -1.69. The number of nitro benzene ring substituents is 1. The zero-order valence-electron chi connectivity index (χ0n) is 12.3. The number of nitro groups is 1. The molecule has 0 heterocycles. The second kappa shape index (κ2) is 6.85. The van der Waals surface area contributed by atoms with Gasteiger partial charge in [-0.2, -0.15) is 0 Å². The molecule has 21 heavy (non-hydrogen) atoms. The molecule has 2 rings (SSSR count). The third-order valence-electron chi connectivity index (χ3n) is 4.09. The number of benzene rings is 1. The Balaban J connectivity index is 2.31. The highest BCUT2D eigenvalue weighted by Crippen LogP contribution is 2.34. The first-order chi connectivity index (χ1) is 10.0. The van der Waals surface area contributed by atoms with Crippen LogP contribution in [0.15, 0.2) is 18.2 Å². The Morgan fingerprint density at radius 1 is 1.38 bits per heavy atom. The van der Waals surface area contributed by atoms with Gasteiger partial charge in [-0.3, -0.25) is 10.1 Å². The van der Waals surface area contributed by atoms with E-state index in [1.54, 1.807) is 0 Å². The van der Waals surface area contributed by atoms with Crippen LogP contribution in [0.4, 0.5) is 15.8 Å². The zero-order valence-corrected chi connectivity index (χ0v) is 12.3. The van der Waals surface area contributed by atoms with Gasteiger partial charge in [-0.15, -0.1) is 0 Å². The predicted octanol–water partition coefficient (Wildman–Crippen LogP) is 3.22. The average Bonchev–Trinajstić information content (AvgIpc) is 2.46. The van der Waals surface area contributed by atoms with Crippen molar-refractivity contribution in [3.63, 3.8) is 0 Å². The maximum Gasteiger partial charge on any atom is 0.295 e. The van der Waals surface area contributed by atoms with E-state index >= 15 is 0 Å². The number of halogens is 1. The molecule has 2 N–H and O–H groups in total. The van der Waals surface area contributed by atoms with Gasteiger partial charge in [0.2, 0.25) is 0 Å². The molecule has 0 aromatic heterocycles. The Morgan fingerprint density at radius 3 is 2.62 bits per heavy atom. The lowest BCUT2D eigenvalue weighted by molar-refractivity contribution is -0.384. The average molecular weight is 295 g/mol. The molecule has 1 fully saturated rings. The van der Waals surface area contributed by atoms with Crippen molar-refractivity contribution in [3.8, 4) is 0 Å². The zero-order chi connectivity index (χ0) is 15.4. The summed E-state index contributed by atoms with van der Waals surface area (Å²) in [6, 6.07) is 4.30. The first-order valence-electron chi connectivity index (χ1n) is 7.49. The van der Waals surface area contributed by atoms with Crippen LogP contribution in [-0.2, 0) is 0 Å². The van der Waals surface area contributed by atoms with Crippen molar-refractivity contribution in [3.05, 3.63) is 34.1 Å². The number of anilines is 1. The summed E-state index contributed by atoms with van der Waals surface area (Å²) in [5.41, 5.74) is 6.29. The molecule has 0 amide bonds. The van der Waals surface area contributed by atoms with Gasteiger partial charge in [-0.05, 0) is 44.2 Å². The summed E-state index contributed by atoms with van der Waals surface area (Å²) in [6.07, 6.45) is 4.60. The van der Waals surface area contributed by atoms with E-state index in [2.05, 4.69) is 4.90 Å². The fourth-order valence-corrected chi connectivity index (χ4v) is 3.04. The molecule has 0 unspecified atom stereocenters. The molecule has 116 valence electrons. The largest absolute Gasteiger partial charge is 0.363 e. The lowest BCUT2D eigenvalue weighted by Gasteiger charge is -2.37. The molecule has 1 aliphatic rings. The Bertz CT molecular complexity index is 502. The first kappa shape index (κ1) is 15.7. The standard InChI is InChI=1S/C15H22FN3O2/c1-2-9-18(13-6-4-12(17)5-7-13)14-8-3-11(16)10-15(14)19(20)21/h3,8,10,12-13H,2,4-7,9,17H2,1H3. The van der Waals surface area contributed by atoms with Crippen LogP contribution in [0, 0.1) is 15.9 Å². The lowest BCUT2D eigenvalue weighted by atomic mass is 9.90. The molecule has 6 heteroatoms. The van der Waals surface area contributed by atoms with Crippen LogP contribution in [-0.4, -0.2) is 23.6 Å². The molecule has 5 nitrogen and oxygen atoms in total. The van der Waals surface area contributed by atoms with Gasteiger partial charge in [0.1, 0.15) is 11.5 Å². The van der Waals surface area contributed by atoms with Crippen molar-refractivity contribution in [2.75, 3.05) is 11.4 Å². The van der Waals surface area contributed by atoms with E-state index in [1.165, 1.54) is 12.1 Å². The monoisotopic (exact) mass is 295 g/mol. The van der Waals surface area contributed by atoms with Crippen molar-refractivity contribution in [1.29, 1.82) is 0 Å². The maximum absolute atomic E-state index is 13.3. The van der Waals surface area contributed by atoms with Gasteiger partial charge in [0.05, 0.1) is 11.0 Å². The molecule has 1 aromatic carbocycles. The third kappa shape index (κ3) is 3.69. The molecule has 0 atom stereocenters. The molecule has 1 aromatic rings. The normalized spacial score (nSPS) is 22.0. The molecule has 1 saturated carbocycles. The summed E-state index contributed by atoms with van der Waals surface area (Å²) in [7, 11) is 0. The highest BCUT2D eigenvalue weighted by atomic mass is 19.1. The smallest absolute Gasteiger partial charge is 0.295 e. The summed E-state index contributed by atoms with van der Waals surface area (Å²) in [4.78, 5) is 12.8. The van der Waals surface area contributed by atoms with E-state index in [9.17, 15) is 14.5 Å². The van der Waals surface area contributed by atoms with E-state index in [0.29, 0.717) is 5.69 Å². The molecule has 0 spiro atoms. The highest BCUT2D eigenvalue weighted by molar-refractivity contribution is 5.64. The Labute approximate surface area is 124 Å². The Morgan fingerprint density at radius 2 is 2.05 bits per heavy atom. The molecule has 0 saturated heterocycles. The van der Waals surface area contributed by atoms with Crippen molar-refractivity contribution in [2.45, 2.75) is 51.1 Å². The van der Waals surface area contributed by atoms with Crippen molar-refractivity contribution >= 4 is 11.4 Å². The fourth-order valence-electron chi connectivity index (χ4n) is 3.04. The molecular weight excluding hydrogens is 273 g/mol. The van der Waals surface area contributed by atoms with E-state index in [-0.39, 0.29) is 17.8 Å². The number of hydrogen-bond donors (Lipinski definition) is 1. The minimum atomic E-state index is -0.576. The number of hydrogen-bond acceptors (Lipinski definition) is 4. The molecule has 0 bridgehead atoms. The summed E-state index contributed by atoms with van der Waals surface area (Å²) >= 11 is 0. The molecule has 1 aliphatic carbocycles. The summed E-state index contributed by atoms with van der Waals surface area (Å²) in [5, 5.41) is 11.2. The van der Waals surface area contributed by atoms with Crippen LogP contribution in [0.3, 0.4) is 0 Å². The molecule has 0 radical (unpaired) electrons. The highest BCUT2D eigenvalue weighted by Gasteiger charge is 2.28. The van der Waals surface area contributed by atoms with E-state index in [0.717, 1.165) is 44.7 Å². The molecule has 0 aliphatic heterocycles. The number of nitrogens with zero attached hydrogens (tertiary/aromatic N) is 2. The van der Waals surface area contributed by atoms with Crippen molar-refractivity contribution in [2.24, 2.45) is 5.73 Å². The van der Waals surface area contributed by atoms with Gasteiger partial charge in [0, 0.05) is 18.6 Å². The SMILES string of the molecule is CCCN(c1ccc(F)cc1[N+](=O)[O-])C1CCC(N)CC1. The van der Waals surface area contributed by atoms with E-state index < -0.39 is 10.7 Å². The summed E-state index contributed by atoms with van der Waals surface area (Å²) in [6.45, 7) is 2.77.